The summed E-state index contributed by atoms with van der Waals surface area (Å²) in [7, 11) is 0. The summed E-state index contributed by atoms with van der Waals surface area (Å²) in [6, 6.07) is 17.8. The quantitative estimate of drug-likeness (QED) is 0.916. The van der Waals surface area contributed by atoms with Crippen molar-refractivity contribution in [2.24, 2.45) is 0 Å². The third kappa shape index (κ3) is 3.92. The van der Waals surface area contributed by atoms with E-state index in [1.165, 1.54) is 16.7 Å². The number of nitrogens with one attached hydrogen (secondary N) is 1. The zero-order valence-electron chi connectivity index (χ0n) is 14.1. The van der Waals surface area contributed by atoms with Gasteiger partial charge in [0.1, 0.15) is 5.75 Å². The molecule has 1 unspecified atom stereocenters. The van der Waals surface area contributed by atoms with Crippen LogP contribution < -0.4 is 10.1 Å². The lowest BCUT2D eigenvalue weighted by atomic mass is 9.95. The minimum atomic E-state index is 0.290. The molecular weight excluding hydrogens is 284 g/mol. The summed E-state index contributed by atoms with van der Waals surface area (Å²) >= 11 is 0. The van der Waals surface area contributed by atoms with Gasteiger partial charge < -0.3 is 10.1 Å². The van der Waals surface area contributed by atoms with Gasteiger partial charge in [-0.1, -0.05) is 42.0 Å². The van der Waals surface area contributed by atoms with Gasteiger partial charge in [-0.2, -0.15) is 0 Å². The Morgan fingerprint density at radius 3 is 2.48 bits per heavy atom. The first-order chi connectivity index (χ1) is 11.3. The lowest BCUT2D eigenvalue weighted by Crippen LogP contribution is -2.45. The predicted octanol–water partition coefficient (Wildman–Crippen LogP) is 3.39. The van der Waals surface area contributed by atoms with Gasteiger partial charge in [0, 0.05) is 26.2 Å². The van der Waals surface area contributed by atoms with E-state index in [1.807, 2.05) is 13.0 Å². The van der Waals surface area contributed by atoms with Crippen LogP contribution in [-0.4, -0.2) is 37.7 Å². The van der Waals surface area contributed by atoms with Crippen molar-refractivity contribution in [3.63, 3.8) is 0 Å². The van der Waals surface area contributed by atoms with E-state index in [1.54, 1.807) is 0 Å². The molecule has 0 spiro atoms. The minimum Gasteiger partial charge on any atom is -0.494 e. The van der Waals surface area contributed by atoms with E-state index in [-0.39, 0.29) is 6.04 Å². The second-order valence-electron chi connectivity index (χ2n) is 6.10. The second-order valence-corrected chi connectivity index (χ2v) is 6.10. The molecule has 122 valence electrons. The van der Waals surface area contributed by atoms with Gasteiger partial charge in [-0.05, 0) is 37.1 Å². The van der Waals surface area contributed by atoms with Crippen molar-refractivity contribution in [3.8, 4) is 5.75 Å². The van der Waals surface area contributed by atoms with E-state index in [0.29, 0.717) is 6.61 Å². The van der Waals surface area contributed by atoms with Crippen LogP contribution in [0.4, 0.5) is 0 Å². The van der Waals surface area contributed by atoms with Crippen LogP contribution in [0.15, 0.2) is 48.5 Å². The molecule has 2 aromatic carbocycles. The predicted molar refractivity (Wildman–Crippen MR) is 95.1 cm³/mol. The monoisotopic (exact) mass is 310 g/mol. The van der Waals surface area contributed by atoms with Gasteiger partial charge in [0.25, 0.3) is 0 Å². The molecule has 0 amide bonds. The number of piperazine rings is 1. The van der Waals surface area contributed by atoms with Gasteiger partial charge in [-0.3, -0.25) is 4.90 Å². The molecular formula is C20H26N2O. The maximum Gasteiger partial charge on any atom is 0.119 e. The van der Waals surface area contributed by atoms with Crippen molar-refractivity contribution in [1.29, 1.82) is 0 Å². The van der Waals surface area contributed by atoms with Crippen LogP contribution >= 0.6 is 0 Å². The van der Waals surface area contributed by atoms with Gasteiger partial charge in [-0.25, -0.2) is 0 Å². The van der Waals surface area contributed by atoms with Gasteiger partial charge in [0.15, 0.2) is 0 Å². The van der Waals surface area contributed by atoms with Crippen LogP contribution in [-0.2, 0) is 0 Å². The smallest absolute Gasteiger partial charge is 0.119 e. The molecule has 0 bridgehead atoms. The molecule has 3 rings (SSSR count). The van der Waals surface area contributed by atoms with Crippen LogP contribution in [0, 0.1) is 6.92 Å². The van der Waals surface area contributed by atoms with E-state index in [0.717, 1.165) is 31.9 Å². The molecule has 1 aliphatic heterocycles. The van der Waals surface area contributed by atoms with Crippen molar-refractivity contribution < 1.29 is 4.74 Å². The Morgan fingerprint density at radius 1 is 1.04 bits per heavy atom. The number of hydrogen-bond donors (Lipinski definition) is 1. The number of benzene rings is 2. The summed E-state index contributed by atoms with van der Waals surface area (Å²) in [5.74, 6) is 0.956. The normalized spacial score (nSPS) is 17.0. The molecule has 1 aliphatic rings. The van der Waals surface area contributed by atoms with Crippen molar-refractivity contribution in [2.75, 3.05) is 32.8 Å². The van der Waals surface area contributed by atoms with Gasteiger partial charge in [-0.15, -0.1) is 0 Å². The standard InChI is InChI=1S/C20H26N2O/c1-3-23-19-6-4-5-18(15-19)20(22-13-11-21-12-14-22)17-9-7-16(2)8-10-17/h4-10,15,20-21H,3,11-14H2,1-2H3. The maximum absolute atomic E-state index is 5.71. The highest BCUT2D eigenvalue weighted by atomic mass is 16.5. The fourth-order valence-corrected chi connectivity index (χ4v) is 3.24. The van der Waals surface area contributed by atoms with E-state index in [9.17, 15) is 0 Å². The topological polar surface area (TPSA) is 24.5 Å². The first-order valence-corrected chi connectivity index (χ1v) is 8.52. The molecule has 1 N–H and O–H groups in total. The van der Waals surface area contributed by atoms with Crippen molar-refractivity contribution in [2.45, 2.75) is 19.9 Å². The van der Waals surface area contributed by atoms with Crippen LogP contribution in [0.2, 0.25) is 0 Å². The highest BCUT2D eigenvalue weighted by Crippen LogP contribution is 2.31. The average Bonchev–Trinajstić information content (AvgIpc) is 2.59. The number of hydrogen-bond acceptors (Lipinski definition) is 3. The average molecular weight is 310 g/mol. The minimum absolute atomic E-state index is 0.290. The maximum atomic E-state index is 5.71. The first-order valence-electron chi connectivity index (χ1n) is 8.52. The molecule has 1 fully saturated rings. The summed E-state index contributed by atoms with van der Waals surface area (Å²) in [6.07, 6.45) is 0. The van der Waals surface area contributed by atoms with E-state index >= 15 is 0 Å². The third-order valence-corrected chi connectivity index (χ3v) is 4.39. The first kappa shape index (κ1) is 16.0. The summed E-state index contributed by atoms with van der Waals surface area (Å²) in [6.45, 7) is 9.10. The molecule has 3 nitrogen and oxygen atoms in total. The lowest BCUT2D eigenvalue weighted by molar-refractivity contribution is 0.198. The fourth-order valence-electron chi connectivity index (χ4n) is 3.24. The largest absolute Gasteiger partial charge is 0.494 e. The molecule has 1 atom stereocenters. The van der Waals surface area contributed by atoms with Crippen LogP contribution in [0.3, 0.4) is 0 Å². The van der Waals surface area contributed by atoms with Crippen molar-refractivity contribution >= 4 is 0 Å². The van der Waals surface area contributed by atoms with Crippen molar-refractivity contribution in [1.82, 2.24) is 10.2 Å². The molecule has 23 heavy (non-hydrogen) atoms. The number of rotatable bonds is 5. The van der Waals surface area contributed by atoms with Crippen LogP contribution in [0.5, 0.6) is 5.75 Å². The highest BCUT2D eigenvalue weighted by Gasteiger charge is 2.24. The molecule has 1 heterocycles. The number of nitrogens with zero attached hydrogens (tertiary/aromatic N) is 1. The Kier molecular flexibility index (Phi) is 5.31. The van der Waals surface area contributed by atoms with E-state index < -0.39 is 0 Å². The van der Waals surface area contributed by atoms with Gasteiger partial charge >= 0.3 is 0 Å². The summed E-state index contributed by atoms with van der Waals surface area (Å²) < 4.78 is 5.71. The molecule has 0 aromatic heterocycles. The molecule has 0 aliphatic carbocycles. The van der Waals surface area contributed by atoms with E-state index in [4.69, 9.17) is 4.74 Å². The third-order valence-electron chi connectivity index (χ3n) is 4.39. The molecule has 0 saturated carbocycles. The van der Waals surface area contributed by atoms with Gasteiger partial charge in [0.05, 0.1) is 12.6 Å². The highest BCUT2D eigenvalue weighted by molar-refractivity contribution is 5.37. The van der Waals surface area contributed by atoms with Gasteiger partial charge in [0.2, 0.25) is 0 Å². The number of ether oxygens (including phenoxy) is 1. The Balaban J connectivity index is 1.96. The Hall–Kier alpha value is -1.84. The molecule has 1 saturated heterocycles. The Morgan fingerprint density at radius 2 is 1.78 bits per heavy atom. The van der Waals surface area contributed by atoms with Crippen LogP contribution in [0.1, 0.15) is 29.7 Å². The summed E-state index contributed by atoms with van der Waals surface area (Å²) in [4.78, 5) is 2.56. The number of aryl methyl sites for hydroxylation is 1. The zero-order chi connectivity index (χ0) is 16.1. The summed E-state index contributed by atoms with van der Waals surface area (Å²) in [5, 5.41) is 3.45. The molecule has 0 radical (unpaired) electrons. The molecule has 3 heteroatoms. The van der Waals surface area contributed by atoms with E-state index in [2.05, 4.69) is 59.6 Å². The Labute approximate surface area is 139 Å². The fraction of sp³-hybridized carbons (Fsp3) is 0.400. The Bertz CT molecular complexity index is 618. The SMILES string of the molecule is CCOc1cccc(C(c2ccc(C)cc2)N2CCNCC2)c1. The summed E-state index contributed by atoms with van der Waals surface area (Å²) in [5.41, 5.74) is 3.96. The van der Waals surface area contributed by atoms with Crippen LogP contribution in [0.25, 0.3) is 0 Å². The lowest BCUT2D eigenvalue weighted by Gasteiger charge is -2.35. The zero-order valence-corrected chi connectivity index (χ0v) is 14.1. The molecule has 2 aromatic rings. The van der Waals surface area contributed by atoms with Crippen molar-refractivity contribution in [3.05, 3.63) is 65.2 Å². The second kappa shape index (κ2) is 7.62.